The molecule has 0 amide bonds. The lowest BCUT2D eigenvalue weighted by Crippen LogP contribution is -2.52. The van der Waals surface area contributed by atoms with Crippen molar-refractivity contribution in [2.24, 2.45) is 5.41 Å². The van der Waals surface area contributed by atoms with Crippen LogP contribution in [0.25, 0.3) is 0 Å². The van der Waals surface area contributed by atoms with Crippen LogP contribution in [0, 0.1) is 5.41 Å². The predicted octanol–water partition coefficient (Wildman–Crippen LogP) is 3.02. The van der Waals surface area contributed by atoms with Crippen LogP contribution < -0.4 is 5.32 Å². The van der Waals surface area contributed by atoms with Crippen LogP contribution in [0.15, 0.2) is 21.7 Å². The van der Waals surface area contributed by atoms with Gasteiger partial charge in [0.05, 0.1) is 20.3 Å². The summed E-state index contributed by atoms with van der Waals surface area (Å²) >= 11 is 1.61. The predicted molar refractivity (Wildman–Crippen MR) is 75.0 cm³/mol. The molecule has 1 aliphatic carbocycles. The van der Waals surface area contributed by atoms with E-state index in [0.29, 0.717) is 6.04 Å². The van der Waals surface area contributed by atoms with Gasteiger partial charge < -0.3 is 5.32 Å². The van der Waals surface area contributed by atoms with E-state index in [1.165, 1.54) is 12.8 Å². The zero-order chi connectivity index (χ0) is 12.5. The molecule has 4 heteroatoms. The lowest BCUT2D eigenvalue weighted by Gasteiger charge is -2.43. The fourth-order valence-corrected chi connectivity index (χ4v) is 5.93. The topological polar surface area (TPSA) is 29.1 Å². The van der Waals surface area contributed by atoms with Crippen molar-refractivity contribution in [3.63, 3.8) is 0 Å². The van der Waals surface area contributed by atoms with E-state index in [-0.39, 0.29) is 10.7 Å². The van der Waals surface area contributed by atoms with E-state index in [1.807, 2.05) is 24.6 Å². The Bertz CT molecular complexity index is 386. The third-order valence-electron chi connectivity index (χ3n) is 3.80. The average molecular weight is 271 g/mol. The highest BCUT2D eigenvalue weighted by atomic mass is 32.2. The van der Waals surface area contributed by atoms with E-state index in [1.54, 1.807) is 11.3 Å². The zero-order valence-corrected chi connectivity index (χ0v) is 12.4. The average Bonchev–Trinajstić information content (AvgIpc) is 2.80. The smallest absolute Gasteiger partial charge is 0.0914 e. The minimum Gasteiger partial charge on any atom is -0.315 e. The zero-order valence-electron chi connectivity index (χ0n) is 10.7. The van der Waals surface area contributed by atoms with Crippen molar-refractivity contribution in [1.82, 2.24) is 5.32 Å². The summed E-state index contributed by atoms with van der Waals surface area (Å²) in [7, 11) is 1.14. The van der Waals surface area contributed by atoms with Crippen molar-refractivity contribution in [3.05, 3.63) is 17.5 Å². The molecule has 0 bridgehead atoms. The maximum absolute atomic E-state index is 12.6. The molecule has 0 spiro atoms. The molecule has 1 N–H and O–H groups in total. The van der Waals surface area contributed by atoms with Crippen LogP contribution in [-0.4, -0.2) is 22.5 Å². The second-order valence-corrected chi connectivity index (χ2v) is 8.26. The second-order valence-electron chi connectivity index (χ2n) is 5.42. The first-order valence-corrected chi connectivity index (χ1v) is 8.27. The van der Waals surface area contributed by atoms with Crippen LogP contribution >= 0.6 is 11.3 Å². The summed E-state index contributed by atoms with van der Waals surface area (Å²) in [5.74, 6) is 0. The van der Waals surface area contributed by atoms with Gasteiger partial charge in [-0.3, -0.25) is 4.21 Å². The van der Waals surface area contributed by atoms with Gasteiger partial charge in [-0.15, -0.1) is 11.3 Å². The van der Waals surface area contributed by atoms with E-state index < -0.39 is 10.8 Å². The van der Waals surface area contributed by atoms with Gasteiger partial charge in [0.2, 0.25) is 0 Å². The molecule has 1 aromatic rings. The Morgan fingerprint density at radius 3 is 2.88 bits per heavy atom. The van der Waals surface area contributed by atoms with Gasteiger partial charge in [-0.05, 0) is 36.8 Å². The second kappa shape index (κ2) is 5.21. The highest BCUT2D eigenvalue weighted by molar-refractivity contribution is 7.88. The standard InChI is InChI=1S/C13H21NOS2/c1-13(2)8-4-6-10(12(13)14-3)17(15)11-7-5-9-16-11/h5,7,9-10,12,14H,4,6,8H2,1-3H3. The van der Waals surface area contributed by atoms with Gasteiger partial charge in [0.1, 0.15) is 0 Å². The van der Waals surface area contributed by atoms with Crippen LogP contribution in [0.3, 0.4) is 0 Å². The van der Waals surface area contributed by atoms with Gasteiger partial charge in [-0.25, -0.2) is 0 Å². The largest absolute Gasteiger partial charge is 0.315 e. The van der Waals surface area contributed by atoms with E-state index in [9.17, 15) is 4.21 Å². The van der Waals surface area contributed by atoms with Crippen LogP contribution in [0.1, 0.15) is 33.1 Å². The molecule has 1 heterocycles. The van der Waals surface area contributed by atoms with Crippen molar-refractivity contribution in [2.75, 3.05) is 7.05 Å². The first-order chi connectivity index (χ1) is 8.06. The SMILES string of the molecule is CNC1C(S(=O)c2cccs2)CCCC1(C)C. The maximum Gasteiger partial charge on any atom is 0.0914 e. The Morgan fingerprint density at radius 1 is 1.53 bits per heavy atom. The van der Waals surface area contributed by atoms with Crippen LogP contribution in [-0.2, 0) is 10.8 Å². The van der Waals surface area contributed by atoms with E-state index >= 15 is 0 Å². The molecule has 3 unspecified atom stereocenters. The Balaban J connectivity index is 2.22. The molecule has 3 atom stereocenters. The fourth-order valence-electron chi connectivity index (χ4n) is 2.92. The van der Waals surface area contributed by atoms with Crippen molar-refractivity contribution in [1.29, 1.82) is 0 Å². The lowest BCUT2D eigenvalue weighted by molar-refractivity contribution is 0.180. The molecule has 0 aromatic carbocycles. The summed E-state index contributed by atoms with van der Waals surface area (Å²) in [6.07, 6.45) is 3.48. The minimum atomic E-state index is -0.859. The highest BCUT2D eigenvalue weighted by Gasteiger charge is 2.41. The first kappa shape index (κ1) is 13.2. The molecule has 0 radical (unpaired) electrons. The monoisotopic (exact) mass is 271 g/mol. The minimum absolute atomic E-state index is 0.241. The Kier molecular flexibility index (Phi) is 4.06. The summed E-state index contributed by atoms with van der Waals surface area (Å²) < 4.78 is 13.6. The van der Waals surface area contributed by atoms with Gasteiger partial charge in [-0.2, -0.15) is 0 Å². The summed E-state index contributed by atoms with van der Waals surface area (Å²) in [6, 6.07) is 4.33. The summed E-state index contributed by atoms with van der Waals surface area (Å²) in [6.45, 7) is 4.57. The molecule has 1 aromatic heterocycles. The molecule has 2 rings (SSSR count). The molecular weight excluding hydrogens is 250 g/mol. The van der Waals surface area contributed by atoms with Crippen LogP contribution in [0.4, 0.5) is 0 Å². The molecule has 1 fully saturated rings. The molecule has 1 aliphatic rings. The van der Waals surface area contributed by atoms with Crippen LogP contribution in [0.5, 0.6) is 0 Å². The number of hydrogen-bond acceptors (Lipinski definition) is 3. The van der Waals surface area contributed by atoms with Gasteiger partial charge in [0, 0.05) is 6.04 Å². The fraction of sp³-hybridized carbons (Fsp3) is 0.692. The van der Waals surface area contributed by atoms with Crippen molar-refractivity contribution >= 4 is 22.1 Å². The summed E-state index contributed by atoms with van der Waals surface area (Å²) in [4.78, 5) is 0. The summed E-state index contributed by atoms with van der Waals surface area (Å²) in [5, 5.41) is 5.66. The number of nitrogens with one attached hydrogen (secondary N) is 1. The highest BCUT2D eigenvalue weighted by Crippen LogP contribution is 2.39. The Labute approximate surface area is 110 Å². The van der Waals surface area contributed by atoms with Gasteiger partial charge in [0.25, 0.3) is 0 Å². The lowest BCUT2D eigenvalue weighted by atomic mass is 9.73. The van der Waals surface area contributed by atoms with E-state index in [0.717, 1.165) is 10.6 Å². The number of hydrogen-bond donors (Lipinski definition) is 1. The quantitative estimate of drug-likeness (QED) is 0.915. The Morgan fingerprint density at radius 2 is 2.29 bits per heavy atom. The van der Waals surface area contributed by atoms with Gasteiger partial charge in [0.15, 0.2) is 0 Å². The molecule has 2 nitrogen and oxygen atoms in total. The number of rotatable bonds is 3. The third kappa shape index (κ3) is 2.64. The molecule has 0 saturated heterocycles. The molecule has 1 saturated carbocycles. The molecule has 96 valence electrons. The Hall–Kier alpha value is -0.190. The maximum atomic E-state index is 12.6. The van der Waals surface area contributed by atoms with Crippen molar-refractivity contribution < 1.29 is 4.21 Å². The third-order valence-corrected chi connectivity index (χ3v) is 6.84. The summed E-state index contributed by atoms with van der Waals surface area (Å²) in [5.41, 5.74) is 0.241. The molecular formula is C13H21NOS2. The van der Waals surface area contributed by atoms with E-state index in [2.05, 4.69) is 19.2 Å². The first-order valence-electron chi connectivity index (χ1n) is 6.17. The van der Waals surface area contributed by atoms with E-state index in [4.69, 9.17) is 0 Å². The van der Waals surface area contributed by atoms with Crippen LogP contribution in [0.2, 0.25) is 0 Å². The molecule has 17 heavy (non-hydrogen) atoms. The normalized spacial score (nSPS) is 30.1. The molecule has 0 aliphatic heterocycles. The van der Waals surface area contributed by atoms with Crippen molar-refractivity contribution in [3.8, 4) is 0 Å². The van der Waals surface area contributed by atoms with Gasteiger partial charge >= 0.3 is 0 Å². The number of thiophene rings is 1. The van der Waals surface area contributed by atoms with Crippen molar-refractivity contribution in [2.45, 2.75) is 48.6 Å². The van der Waals surface area contributed by atoms with Gasteiger partial charge in [-0.1, -0.05) is 26.3 Å².